The van der Waals surface area contributed by atoms with Gasteiger partial charge < -0.3 is 15.5 Å². The van der Waals surface area contributed by atoms with Gasteiger partial charge in [-0.1, -0.05) is 12.1 Å². The number of thiophene rings is 1. The summed E-state index contributed by atoms with van der Waals surface area (Å²) in [6, 6.07) is 6.98. The first kappa shape index (κ1) is 20.1. The minimum atomic E-state index is -0.513. The molecule has 156 valence electrons. The molecule has 2 aliphatic heterocycles. The van der Waals surface area contributed by atoms with E-state index in [4.69, 9.17) is 0 Å². The van der Waals surface area contributed by atoms with E-state index in [2.05, 4.69) is 10.6 Å². The SMILES string of the molecule is CCN1C(=O)NC(c2ccsc2)C2=C1CN(CC(=O)NCc1ccc(F)cc1)C2=O. The largest absolute Gasteiger partial charge is 0.350 e. The van der Waals surface area contributed by atoms with Crippen molar-refractivity contribution >= 4 is 29.2 Å². The molecule has 2 aromatic rings. The number of amides is 4. The molecule has 30 heavy (non-hydrogen) atoms. The summed E-state index contributed by atoms with van der Waals surface area (Å²) in [7, 11) is 0. The number of nitrogens with zero attached hydrogens (tertiary/aromatic N) is 2. The third-order valence-corrected chi connectivity index (χ3v) is 5.93. The topological polar surface area (TPSA) is 81.8 Å². The van der Waals surface area contributed by atoms with Crippen LogP contribution in [0, 0.1) is 5.82 Å². The van der Waals surface area contributed by atoms with Crippen LogP contribution in [0.1, 0.15) is 24.1 Å². The van der Waals surface area contributed by atoms with Crippen LogP contribution in [0.5, 0.6) is 0 Å². The smallest absolute Gasteiger partial charge is 0.322 e. The first-order valence-corrected chi connectivity index (χ1v) is 10.6. The van der Waals surface area contributed by atoms with E-state index in [1.54, 1.807) is 17.0 Å². The monoisotopic (exact) mass is 428 g/mol. The summed E-state index contributed by atoms with van der Waals surface area (Å²) in [6.45, 7) is 2.61. The molecule has 0 bridgehead atoms. The number of benzene rings is 1. The molecule has 4 amide bonds. The quantitative estimate of drug-likeness (QED) is 0.741. The number of rotatable bonds is 6. The van der Waals surface area contributed by atoms with Gasteiger partial charge in [-0.05, 0) is 47.0 Å². The van der Waals surface area contributed by atoms with Crippen molar-refractivity contribution in [2.45, 2.75) is 19.5 Å². The highest BCUT2D eigenvalue weighted by Gasteiger charge is 2.44. The van der Waals surface area contributed by atoms with E-state index in [1.807, 2.05) is 23.8 Å². The lowest BCUT2D eigenvalue weighted by molar-refractivity contribution is -0.132. The van der Waals surface area contributed by atoms with Crippen LogP contribution in [0.25, 0.3) is 0 Å². The fourth-order valence-electron chi connectivity index (χ4n) is 3.73. The second-order valence-corrected chi connectivity index (χ2v) is 7.89. The van der Waals surface area contributed by atoms with Crippen LogP contribution in [0.3, 0.4) is 0 Å². The summed E-state index contributed by atoms with van der Waals surface area (Å²) in [4.78, 5) is 41.1. The van der Waals surface area contributed by atoms with Crippen molar-refractivity contribution in [1.82, 2.24) is 20.4 Å². The second-order valence-electron chi connectivity index (χ2n) is 7.11. The minimum Gasteiger partial charge on any atom is -0.350 e. The number of carbonyl (C=O) groups is 3. The lowest BCUT2D eigenvalue weighted by Gasteiger charge is -2.32. The van der Waals surface area contributed by atoms with E-state index in [0.29, 0.717) is 17.8 Å². The molecule has 1 atom stereocenters. The van der Waals surface area contributed by atoms with Crippen molar-refractivity contribution in [3.8, 4) is 0 Å². The Kier molecular flexibility index (Phi) is 5.54. The van der Waals surface area contributed by atoms with Crippen LogP contribution in [0.15, 0.2) is 52.4 Å². The van der Waals surface area contributed by atoms with Crippen molar-refractivity contribution in [3.05, 3.63) is 69.3 Å². The molecule has 0 saturated carbocycles. The number of nitrogens with one attached hydrogen (secondary N) is 2. The lowest BCUT2D eigenvalue weighted by atomic mass is 9.98. The summed E-state index contributed by atoms with van der Waals surface area (Å²) in [6.07, 6.45) is 0. The normalized spacial score (nSPS) is 18.5. The Balaban J connectivity index is 1.47. The molecule has 3 heterocycles. The lowest BCUT2D eigenvalue weighted by Crippen LogP contribution is -2.47. The Morgan fingerprint density at radius 2 is 2.03 bits per heavy atom. The predicted molar refractivity (Wildman–Crippen MR) is 110 cm³/mol. The number of urea groups is 1. The molecule has 9 heteroatoms. The summed E-state index contributed by atoms with van der Waals surface area (Å²) in [5.41, 5.74) is 2.78. The summed E-state index contributed by atoms with van der Waals surface area (Å²) >= 11 is 1.49. The standard InChI is InChI=1S/C21H21FN4O3S/c1-2-26-16-10-25(11-17(27)23-9-13-3-5-15(22)6-4-13)20(28)18(16)19(24-21(26)29)14-7-8-30-12-14/h3-8,12,19H,2,9-11H2,1H3,(H,23,27)(H,24,29). The van der Waals surface area contributed by atoms with Crippen LogP contribution < -0.4 is 10.6 Å². The van der Waals surface area contributed by atoms with Gasteiger partial charge in [-0.15, -0.1) is 0 Å². The molecule has 0 aliphatic carbocycles. The van der Waals surface area contributed by atoms with E-state index in [1.165, 1.54) is 28.4 Å². The molecule has 0 radical (unpaired) electrons. The fourth-order valence-corrected chi connectivity index (χ4v) is 4.42. The molecule has 1 aromatic carbocycles. The molecule has 0 fully saturated rings. The van der Waals surface area contributed by atoms with Gasteiger partial charge in [0.2, 0.25) is 5.91 Å². The van der Waals surface area contributed by atoms with Crippen molar-refractivity contribution in [2.75, 3.05) is 19.6 Å². The zero-order chi connectivity index (χ0) is 21.3. The molecule has 4 rings (SSSR count). The Bertz CT molecular complexity index is 1000. The van der Waals surface area contributed by atoms with Crippen molar-refractivity contribution in [2.24, 2.45) is 0 Å². The highest BCUT2D eigenvalue weighted by atomic mass is 32.1. The third kappa shape index (κ3) is 3.80. The summed E-state index contributed by atoms with van der Waals surface area (Å²) in [5.74, 6) is -0.910. The molecular weight excluding hydrogens is 407 g/mol. The van der Waals surface area contributed by atoms with Crippen molar-refractivity contribution in [3.63, 3.8) is 0 Å². The maximum absolute atomic E-state index is 13.1. The average Bonchev–Trinajstić information content (AvgIpc) is 3.36. The molecule has 7 nitrogen and oxygen atoms in total. The first-order valence-electron chi connectivity index (χ1n) is 9.61. The molecule has 0 spiro atoms. The van der Waals surface area contributed by atoms with Gasteiger partial charge >= 0.3 is 6.03 Å². The highest BCUT2D eigenvalue weighted by molar-refractivity contribution is 7.08. The van der Waals surface area contributed by atoms with E-state index in [-0.39, 0.29) is 43.3 Å². The van der Waals surface area contributed by atoms with E-state index >= 15 is 0 Å². The van der Waals surface area contributed by atoms with Crippen molar-refractivity contribution < 1.29 is 18.8 Å². The fraction of sp³-hybridized carbons (Fsp3) is 0.286. The maximum atomic E-state index is 13.1. The Labute approximate surface area is 177 Å². The highest BCUT2D eigenvalue weighted by Crippen LogP contribution is 2.36. The number of hydrogen-bond acceptors (Lipinski definition) is 4. The summed E-state index contributed by atoms with van der Waals surface area (Å²) in [5, 5.41) is 9.46. The molecule has 0 saturated heterocycles. The van der Waals surface area contributed by atoms with Gasteiger partial charge in [-0.3, -0.25) is 14.5 Å². The Morgan fingerprint density at radius 3 is 2.70 bits per heavy atom. The zero-order valence-corrected chi connectivity index (χ0v) is 17.2. The predicted octanol–water partition coefficient (Wildman–Crippen LogP) is 2.39. The Hall–Kier alpha value is -3.20. The third-order valence-electron chi connectivity index (χ3n) is 5.23. The number of carbonyl (C=O) groups excluding carboxylic acids is 3. The summed E-state index contributed by atoms with van der Waals surface area (Å²) < 4.78 is 13.0. The molecule has 2 N–H and O–H groups in total. The van der Waals surface area contributed by atoms with Crippen LogP contribution in [0.4, 0.5) is 9.18 Å². The number of hydrogen-bond donors (Lipinski definition) is 2. The van der Waals surface area contributed by atoms with Gasteiger partial charge in [-0.25, -0.2) is 9.18 Å². The van der Waals surface area contributed by atoms with Crippen molar-refractivity contribution in [1.29, 1.82) is 0 Å². The molecule has 1 aromatic heterocycles. The average molecular weight is 428 g/mol. The van der Waals surface area contributed by atoms with E-state index in [0.717, 1.165) is 11.1 Å². The molecule has 2 aliphatic rings. The number of halogens is 1. The maximum Gasteiger partial charge on any atom is 0.322 e. The first-order chi connectivity index (χ1) is 14.5. The van der Waals surface area contributed by atoms with Crippen LogP contribution in [-0.2, 0) is 16.1 Å². The van der Waals surface area contributed by atoms with E-state index in [9.17, 15) is 18.8 Å². The van der Waals surface area contributed by atoms with Gasteiger partial charge in [-0.2, -0.15) is 11.3 Å². The second kappa shape index (κ2) is 8.27. The van der Waals surface area contributed by atoms with Gasteiger partial charge in [0.25, 0.3) is 5.91 Å². The Morgan fingerprint density at radius 1 is 1.27 bits per heavy atom. The minimum absolute atomic E-state index is 0.116. The number of likely N-dealkylation sites (N-methyl/N-ethyl adjacent to an activating group) is 1. The van der Waals surface area contributed by atoms with Gasteiger partial charge in [0.05, 0.1) is 23.9 Å². The van der Waals surface area contributed by atoms with Gasteiger partial charge in [0.1, 0.15) is 12.4 Å². The van der Waals surface area contributed by atoms with Crippen LogP contribution in [-0.4, -0.2) is 47.3 Å². The van der Waals surface area contributed by atoms with Crippen LogP contribution >= 0.6 is 11.3 Å². The van der Waals surface area contributed by atoms with Gasteiger partial charge in [0, 0.05) is 13.1 Å². The van der Waals surface area contributed by atoms with E-state index < -0.39 is 6.04 Å². The van der Waals surface area contributed by atoms with Gasteiger partial charge in [0.15, 0.2) is 0 Å². The molecule has 1 unspecified atom stereocenters. The van der Waals surface area contributed by atoms with Crippen LogP contribution in [0.2, 0.25) is 0 Å². The molecular formula is C21H21FN4O3S. The zero-order valence-electron chi connectivity index (χ0n) is 16.4.